The normalized spacial score (nSPS) is 29.3. The van der Waals surface area contributed by atoms with E-state index in [1.807, 2.05) is 0 Å². The number of hydrogen-bond donors (Lipinski definition) is 0. The Morgan fingerprint density at radius 1 is 0.815 bits per heavy atom. The maximum Gasteiger partial charge on any atom is 0.159 e. The lowest BCUT2D eigenvalue weighted by atomic mass is 9.68. The van der Waals surface area contributed by atoms with Crippen molar-refractivity contribution in [2.45, 2.75) is 84.0 Å². The van der Waals surface area contributed by atoms with Gasteiger partial charge in [-0.15, -0.1) is 0 Å². The molecule has 1 aromatic carbocycles. The minimum Gasteiger partial charge on any atom is -0.204 e. The fourth-order valence-electron chi connectivity index (χ4n) is 5.43. The van der Waals surface area contributed by atoms with Gasteiger partial charge in [0.05, 0.1) is 0 Å². The topological polar surface area (TPSA) is 0 Å². The molecule has 0 nitrogen and oxygen atoms in total. The Hall–Kier alpha value is -1.18. The summed E-state index contributed by atoms with van der Waals surface area (Å²) in [5, 5.41) is 0. The van der Waals surface area contributed by atoms with Crippen LogP contribution in [0.5, 0.6) is 0 Å². The van der Waals surface area contributed by atoms with Gasteiger partial charge < -0.3 is 0 Å². The van der Waals surface area contributed by atoms with Crippen LogP contribution in [0, 0.1) is 35.3 Å². The first-order valence-electron chi connectivity index (χ1n) is 11.2. The maximum absolute atomic E-state index is 13.2. The molecule has 2 aliphatic carbocycles. The molecule has 3 rings (SSSR count). The molecular formula is C25H36F2. The van der Waals surface area contributed by atoms with E-state index in [9.17, 15) is 8.78 Å². The molecule has 0 atom stereocenters. The SMILES string of the molecule is CCCC1CCC(C2CCC(CC=CCc3ccc(F)c(F)c3)CC2)CC1. The number of hydrogen-bond acceptors (Lipinski definition) is 0. The Kier molecular flexibility index (Phi) is 7.91. The van der Waals surface area contributed by atoms with E-state index in [1.165, 1.54) is 76.3 Å². The fourth-order valence-corrected chi connectivity index (χ4v) is 5.43. The van der Waals surface area contributed by atoms with Gasteiger partial charge in [0, 0.05) is 0 Å². The summed E-state index contributed by atoms with van der Waals surface area (Å²) in [7, 11) is 0. The van der Waals surface area contributed by atoms with Gasteiger partial charge in [0.1, 0.15) is 0 Å². The lowest BCUT2D eigenvalue weighted by molar-refractivity contribution is 0.144. The first-order chi connectivity index (χ1) is 13.2. The second-order valence-electron chi connectivity index (χ2n) is 9.01. The van der Waals surface area contributed by atoms with Gasteiger partial charge in [0.15, 0.2) is 11.6 Å². The Morgan fingerprint density at radius 3 is 2.04 bits per heavy atom. The first-order valence-corrected chi connectivity index (χ1v) is 11.2. The molecule has 0 amide bonds. The molecule has 0 heterocycles. The number of allylic oxidation sites excluding steroid dienone is 2. The van der Waals surface area contributed by atoms with Crippen molar-refractivity contribution < 1.29 is 8.78 Å². The van der Waals surface area contributed by atoms with Crippen LogP contribution in [0.25, 0.3) is 0 Å². The first kappa shape index (κ1) is 20.6. The van der Waals surface area contributed by atoms with Crippen molar-refractivity contribution in [3.05, 3.63) is 47.5 Å². The quantitative estimate of drug-likeness (QED) is 0.426. The van der Waals surface area contributed by atoms with Crippen LogP contribution in [0.1, 0.15) is 83.1 Å². The largest absolute Gasteiger partial charge is 0.204 e. The smallest absolute Gasteiger partial charge is 0.159 e. The van der Waals surface area contributed by atoms with E-state index in [0.717, 1.165) is 35.7 Å². The van der Waals surface area contributed by atoms with Gasteiger partial charge >= 0.3 is 0 Å². The van der Waals surface area contributed by atoms with Crippen molar-refractivity contribution in [3.63, 3.8) is 0 Å². The Balaban J connectivity index is 1.34. The minimum absolute atomic E-state index is 0.688. The molecule has 2 fully saturated rings. The summed E-state index contributed by atoms with van der Waals surface area (Å²) in [4.78, 5) is 0. The van der Waals surface area contributed by atoms with Crippen LogP contribution in [0.2, 0.25) is 0 Å². The van der Waals surface area contributed by atoms with Crippen molar-refractivity contribution in [2.24, 2.45) is 23.7 Å². The zero-order chi connectivity index (χ0) is 19.1. The number of halogens is 2. The van der Waals surface area contributed by atoms with Gasteiger partial charge in [-0.3, -0.25) is 0 Å². The van der Waals surface area contributed by atoms with Crippen LogP contribution in [0.4, 0.5) is 8.78 Å². The molecule has 0 saturated heterocycles. The van der Waals surface area contributed by atoms with Crippen molar-refractivity contribution in [2.75, 3.05) is 0 Å². The highest BCUT2D eigenvalue weighted by Gasteiger charge is 2.30. The van der Waals surface area contributed by atoms with Gasteiger partial charge in [-0.1, -0.05) is 50.8 Å². The maximum atomic E-state index is 13.2. The average Bonchev–Trinajstić information content (AvgIpc) is 2.69. The predicted octanol–water partition coefficient (Wildman–Crippen LogP) is 7.87. The molecule has 0 unspecified atom stereocenters. The second kappa shape index (κ2) is 10.4. The van der Waals surface area contributed by atoms with Crippen molar-refractivity contribution in [1.29, 1.82) is 0 Å². The van der Waals surface area contributed by atoms with Crippen LogP contribution in [-0.2, 0) is 6.42 Å². The van der Waals surface area contributed by atoms with Crippen LogP contribution in [0.15, 0.2) is 30.4 Å². The third kappa shape index (κ3) is 6.16. The van der Waals surface area contributed by atoms with E-state index in [0.29, 0.717) is 6.42 Å². The monoisotopic (exact) mass is 374 g/mol. The zero-order valence-corrected chi connectivity index (χ0v) is 16.9. The number of benzene rings is 1. The molecule has 0 aliphatic heterocycles. The van der Waals surface area contributed by atoms with E-state index in [2.05, 4.69) is 19.1 Å². The summed E-state index contributed by atoms with van der Waals surface area (Å²) in [5.41, 5.74) is 0.840. The second-order valence-corrected chi connectivity index (χ2v) is 9.01. The van der Waals surface area contributed by atoms with Gasteiger partial charge in [-0.2, -0.15) is 0 Å². The lowest BCUT2D eigenvalue weighted by Crippen LogP contribution is -2.25. The van der Waals surface area contributed by atoms with Crippen molar-refractivity contribution in [1.82, 2.24) is 0 Å². The van der Waals surface area contributed by atoms with Crippen molar-refractivity contribution in [3.8, 4) is 0 Å². The fraction of sp³-hybridized carbons (Fsp3) is 0.680. The van der Waals surface area contributed by atoms with E-state index >= 15 is 0 Å². The zero-order valence-electron chi connectivity index (χ0n) is 16.9. The van der Waals surface area contributed by atoms with Crippen LogP contribution in [-0.4, -0.2) is 0 Å². The summed E-state index contributed by atoms with van der Waals surface area (Å²) >= 11 is 0. The van der Waals surface area contributed by atoms with E-state index in [-0.39, 0.29) is 0 Å². The highest BCUT2D eigenvalue weighted by atomic mass is 19.2. The van der Waals surface area contributed by atoms with Gasteiger partial charge in [-0.05, 0) is 92.7 Å². The molecule has 150 valence electrons. The highest BCUT2D eigenvalue weighted by molar-refractivity contribution is 5.20. The van der Waals surface area contributed by atoms with Gasteiger partial charge in [-0.25, -0.2) is 8.78 Å². The van der Waals surface area contributed by atoms with E-state index in [4.69, 9.17) is 0 Å². The summed E-state index contributed by atoms with van der Waals surface area (Å²) in [6.07, 6.45) is 20.5. The van der Waals surface area contributed by atoms with Gasteiger partial charge in [0.2, 0.25) is 0 Å². The molecule has 0 N–H and O–H groups in total. The molecule has 2 heteroatoms. The molecule has 0 spiro atoms. The highest BCUT2D eigenvalue weighted by Crippen LogP contribution is 2.42. The van der Waals surface area contributed by atoms with Crippen molar-refractivity contribution >= 4 is 0 Å². The third-order valence-electron chi connectivity index (χ3n) is 7.12. The van der Waals surface area contributed by atoms with E-state index in [1.54, 1.807) is 6.07 Å². The lowest BCUT2D eigenvalue weighted by Gasteiger charge is -2.37. The summed E-state index contributed by atoms with van der Waals surface area (Å²) in [6, 6.07) is 4.19. The predicted molar refractivity (Wildman–Crippen MR) is 110 cm³/mol. The molecule has 0 aromatic heterocycles. The molecule has 27 heavy (non-hydrogen) atoms. The van der Waals surface area contributed by atoms with Crippen LogP contribution in [0.3, 0.4) is 0 Å². The molecule has 0 bridgehead atoms. The summed E-state index contributed by atoms with van der Waals surface area (Å²) in [6.45, 7) is 2.32. The Morgan fingerprint density at radius 2 is 1.44 bits per heavy atom. The van der Waals surface area contributed by atoms with E-state index < -0.39 is 11.6 Å². The van der Waals surface area contributed by atoms with Crippen LogP contribution < -0.4 is 0 Å². The minimum atomic E-state index is -0.765. The molecule has 1 aromatic rings. The van der Waals surface area contributed by atoms with Gasteiger partial charge in [0.25, 0.3) is 0 Å². The summed E-state index contributed by atoms with van der Waals surface area (Å²) in [5.74, 6) is 2.31. The van der Waals surface area contributed by atoms with Crippen LogP contribution >= 0.6 is 0 Å². The Labute approximate surface area is 164 Å². The molecule has 2 saturated carbocycles. The third-order valence-corrected chi connectivity index (χ3v) is 7.12. The Bertz CT molecular complexity index is 590. The molecule has 0 radical (unpaired) electrons. The summed E-state index contributed by atoms with van der Waals surface area (Å²) < 4.78 is 26.2. The molecular weight excluding hydrogens is 338 g/mol. The standard InChI is InChI=1S/C25H36F2/c1-2-5-19-8-13-22(14-9-19)23-15-10-20(11-16-23)6-3-4-7-21-12-17-24(26)25(27)18-21/h3-4,12,17-20,22-23H,2,5-11,13-16H2,1H3. The molecule has 2 aliphatic rings. The average molecular weight is 375 g/mol. The number of rotatable bonds is 7.